The minimum absolute atomic E-state index is 0.621. The molecular formula is C40H78O2. The van der Waals surface area contributed by atoms with Crippen molar-refractivity contribution in [3.05, 3.63) is 11.1 Å². The van der Waals surface area contributed by atoms with E-state index in [1.807, 2.05) is 6.92 Å². The Labute approximate surface area is 265 Å². The Hall–Kier alpha value is -0.790. The van der Waals surface area contributed by atoms with Crippen LogP contribution in [0.2, 0.25) is 0 Å². The molecule has 0 heterocycles. The molecule has 0 aliphatic heterocycles. The zero-order chi connectivity index (χ0) is 30.9. The second-order valence-electron chi connectivity index (χ2n) is 14.1. The third-order valence-electron chi connectivity index (χ3n) is 9.44. The molecule has 0 bridgehead atoms. The molecule has 0 aromatic heterocycles. The maximum atomic E-state index is 11.6. The van der Waals surface area contributed by atoms with Gasteiger partial charge >= 0.3 is 5.97 Å². The van der Waals surface area contributed by atoms with Crippen LogP contribution >= 0.6 is 0 Å². The maximum absolute atomic E-state index is 11.6. The van der Waals surface area contributed by atoms with E-state index in [2.05, 4.69) is 20.8 Å². The van der Waals surface area contributed by atoms with Crippen LogP contribution < -0.4 is 0 Å². The van der Waals surface area contributed by atoms with E-state index in [0.29, 0.717) is 5.57 Å². The fourth-order valence-corrected chi connectivity index (χ4v) is 6.37. The van der Waals surface area contributed by atoms with Crippen molar-refractivity contribution in [1.29, 1.82) is 0 Å². The largest absolute Gasteiger partial charge is 0.478 e. The SMILES string of the molecule is CCCCCCCCCCCCCCCCC(CCCCCCCCCCCCCCCCCC(C)C)=C(C)C(=O)O. The van der Waals surface area contributed by atoms with E-state index in [4.69, 9.17) is 0 Å². The zero-order valence-corrected chi connectivity index (χ0v) is 29.6. The van der Waals surface area contributed by atoms with E-state index in [0.717, 1.165) is 31.6 Å². The van der Waals surface area contributed by atoms with Crippen LogP contribution in [-0.4, -0.2) is 11.1 Å². The summed E-state index contributed by atoms with van der Waals surface area (Å²) in [7, 11) is 0. The monoisotopic (exact) mass is 591 g/mol. The van der Waals surface area contributed by atoms with Gasteiger partial charge in [-0.25, -0.2) is 4.79 Å². The second kappa shape index (κ2) is 33.1. The van der Waals surface area contributed by atoms with E-state index in [1.54, 1.807) is 0 Å². The lowest BCUT2D eigenvalue weighted by Gasteiger charge is -2.11. The van der Waals surface area contributed by atoms with E-state index in [-0.39, 0.29) is 0 Å². The summed E-state index contributed by atoms with van der Waals surface area (Å²) in [5.41, 5.74) is 1.84. The van der Waals surface area contributed by atoms with Gasteiger partial charge < -0.3 is 5.11 Å². The molecule has 0 fully saturated rings. The Morgan fingerprint density at radius 1 is 0.452 bits per heavy atom. The average Bonchev–Trinajstić information content (AvgIpc) is 2.97. The third-order valence-corrected chi connectivity index (χ3v) is 9.44. The molecule has 0 spiro atoms. The van der Waals surface area contributed by atoms with Crippen LogP contribution in [0.1, 0.15) is 233 Å². The standard InChI is InChI=1S/C40H78O2/c1-5-6-7-8-9-10-11-12-17-20-23-26-29-32-35-39(38(4)40(41)42)36-33-30-27-24-21-18-15-13-14-16-19-22-25-28-31-34-37(2)3/h37H,5-36H2,1-4H3,(H,41,42). The molecule has 0 aliphatic carbocycles. The zero-order valence-electron chi connectivity index (χ0n) is 29.6. The van der Waals surface area contributed by atoms with Crippen LogP contribution in [-0.2, 0) is 4.79 Å². The van der Waals surface area contributed by atoms with Gasteiger partial charge in [-0.05, 0) is 38.5 Å². The summed E-state index contributed by atoms with van der Waals surface area (Å²) in [5, 5.41) is 9.56. The van der Waals surface area contributed by atoms with Crippen LogP contribution in [0.25, 0.3) is 0 Å². The predicted molar refractivity (Wildman–Crippen MR) is 189 cm³/mol. The predicted octanol–water partition coefficient (Wildman–Crippen LogP) is 14.5. The van der Waals surface area contributed by atoms with Gasteiger partial charge in [0.25, 0.3) is 0 Å². The lowest BCUT2D eigenvalue weighted by atomic mass is 9.95. The van der Waals surface area contributed by atoms with Crippen molar-refractivity contribution in [2.24, 2.45) is 5.92 Å². The minimum Gasteiger partial charge on any atom is -0.478 e. The van der Waals surface area contributed by atoms with Crippen LogP contribution in [0, 0.1) is 5.92 Å². The number of allylic oxidation sites excluding steroid dienone is 1. The molecule has 0 aliphatic rings. The van der Waals surface area contributed by atoms with Gasteiger partial charge in [-0.2, -0.15) is 0 Å². The molecule has 0 aromatic rings. The van der Waals surface area contributed by atoms with Gasteiger partial charge in [-0.15, -0.1) is 0 Å². The molecule has 0 saturated heterocycles. The van der Waals surface area contributed by atoms with Crippen LogP contribution in [0.5, 0.6) is 0 Å². The number of carboxylic acid groups (broad SMARTS) is 1. The number of aliphatic carboxylic acids is 1. The normalized spacial score (nSPS) is 12.3. The van der Waals surface area contributed by atoms with Gasteiger partial charge in [0.05, 0.1) is 0 Å². The lowest BCUT2D eigenvalue weighted by molar-refractivity contribution is -0.132. The number of carboxylic acids is 1. The van der Waals surface area contributed by atoms with Crippen LogP contribution in [0.3, 0.4) is 0 Å². The number of carbonyl (C=O) groups is 1. The summed E-state index contributed by atoms with van der Waals surface area (Å²) in [4.78, 5) is 11.6. The number of hydrogen-bond acceptors (Lipinski definition) is 1. The van der Waals surface area contributed by atoms with Crippen molar-refractivity contribution in [3.8, 4) is 0 Å². The summed E-state index contributed by atoms with van der Waals surface area (Å²) in [6.45, 7) is 8.78. The van der Waals surface area contributed by atoms with Crippen molar-refractivity contribution < 1.29 is 9.90 Å². The molecule has 1 N–H and O–H groups in total. The summed E-state index contributed by atoms with van der Waals surface area (Å²) < 4.78 is 0. The molecule has 0 aromatic carbocycles. The number of unbranched alkanes of at least 4 members (excludes halogenated alkanes) is 27. The van der Waals surface area contributed by atoms with Crippen molar-refractivity contribution in [3.63, 3.8) is 0 Å². The second-order valence-corrected chi connectivity index (χ2v) is 14.1. The fourth-order valence-electron chi connectivity index (χ4n) is 6.37. The van der Waals surface area contributed by atoms with E-state index < -0.39 is 5.97 Å². The van der Waals surface area contributed by atoms with Crippen molar-refractivity contribution in [2.45, 2.75) is 233 Å². The highest BCUT2D eigenvalue weighted by Crippen LogP contribution is 2.22. The Kier molecular flexibility index (Phi) is 32.5. The first-order valence-corrected chi connectivity index (χ1v) is 19.4. The molecule has 2 heteroatoms. The summed E-state index contributed by atoms with van der Waals surface area (Å²) in [5.74, 6) is 0.161. The first-order chi connectivity index (χ1) is 20.5. The maximum Gasteiger partial charge on any atom is 0.331 e. The molecule has 0 saturated carbocycles. The Morgan fingerprint density at radius 2 is 0.714 bits per heavy atom. The van der Waals surface area contributed by atoms with Gasteiger partial charge in [-0.1, -0.05) is 206 Å². The van der Waals surface area contributed by atoms with E-state index in [9.17, 15) is 9.90 Å². The van der Waals surface area contributed by atoms with Crippen LogP contribution in [0.15, 0.2) is 11.1 Å². The van der Waals surface area contributed by atoms with Gasteiger partial charge in [0.1, 0.15) is 0 Å². The van der Waals surface area contributed by atoms with Gasteiger partial charge in [0, 0.05) is 5.57 Å². The molecule has 42 heavy (non-hydrogen) atoms. The number of hydrogen-bond donors (Lipinski definition) is 1. The Bertz CT molecular complexity index is 590. The fraction of sp³-hybridized carbons (Fsp3) is 0.925. The molecule has 0 rings (SSSR count). The minimum atomic E-state index is -0.711. The van der Waals surface area contributed by atoms with Crippen molar-refractivity contribution >= 4 is 5.97 Å². The van der Waals surface area contributed by atoms with Gasteiger partial charge in [0.2, 0.25) is 0 Å². The van der Waals surface area contributed by atoms with E-state index >= 15 is 0 Å². The summed E-state index contributed by atoms with van der Waals surface area (Å²) in [6.07, 6.45) is 43.4. The summed E-state index contributed by atoms with van der Waals surface area (Å²) >= 11 is 0. The molecule has 0 radical (unpaired) electrons. The molecular weight excluding hydrogens is 512 g/mol. The quantitative estimate of drug-likeness (QED) is 0.0598. The molecule has 0 amide bonds. The first kappa shape index (κ1) is 41.2. The topological polar surface area (TPSA) is 37.3 Å². The lowest BCUT2D eigenvalue weighted by Crippen LogP contribution is -2.02. The highest BCUT2D eigenvalue weighted by molar-refractivity contribution is 5.86. The van der Waals surface area contributed by atoms with Crippen LogP contribution in [0.4, 0.5) is 0 Å². The highest BCUT2D eigenvalue weighted by atomic mass is 16.4. The summed E-state index contributed by atoms with van der Waals surface area (Å²) in [6, 6.07) is 0. The van der Waals surface area contributed by atoms with Crippen molar-refractivity contribution in [1.82, 2.24) is 0 Å². The Morgan fingerprint density at radius 3 is 0.976 bits per heavy atom. The Balaban J connectivity index is 3.63. The van der Waals surface area contributed by atoms with Gasteiger partial charge in [-0.3, -0.25) is 0 Å². The smallest absolute Gasteiger partial charge is 0.331 e. The van der Waals surface area contributed by atoms with E-state index in [1.165, 1.54) is 185 Å². The third kappa shape index (κ3) is 30.7. The number of rotatable bonds is 34. The molecule has 2 nitrogen and oxygen atoms in total. The molecule has 0 unspecified atom stereocenters. The first-order valence-electron chi connectivity index (χ1n) is 19.4. The molecule has 0 atom stereocenters. The molecule has 250 valence electrons. The van der Waals surface area contributed by atoms with Crippen molar-refractivity contribution in [2.75, 3.05) is 0 Å². The average molecular weight is 591 g/mol. The van der Waals surface area contributed by atoms with Gasteiger partial charge in [0.15, 0.2) is 0 Å². The highest BCUT2D eigenvalue weighted by Gasteiger charge is 2.09.